The van der Waals surface area contributed by atoms with E-state index in [0.29, 0.717) is 19.5 Å². The topological polar surface area (TPSA) is 55.1 Å². The van der Waals surface area contributed by atoms with Gasteiger partial charge in [0.25, 0.3) is 0 Å². The van der Waals surface area contributed by atoms with E-state index in [2.05, 4.69) is 24.4 Å². The SMILES string of the molecule is CCCCCCCC/C=C\CCCCCCCC(=O)NCCN.F. The summed E-state index contributed by atoms with van der Waals surface area (Å²) in [6.07, 6.45) is 22.1. The smallest absolute Gasteiger partial charge is 0.220 e. The minimum atomic E-state index is 0. The number of unbranched alkanes of at least 4 members (excludes halogenated alkanes) is 11. The predicted octanol–water partition coefficient (Wildman–Crippen LogP) is 5.25. The van der Waals surface area contributed by atoms with E-state index in [-0.39, 0.29) is 10.6 Å². The fraction of sp³-hybridized carbons (Fsp3) is 0.850. The summed E-state index contributed by atoms with van der Waals surface area (Å²) in [6.45, 7) is 3.39. The number of carbonyl (C=O) groups excluding carboxylic acids is 1. The van der Waals surface area contributed by atoms with Crippen molar-refractivity contribution in [3.05, 3.63) is 12.2 Å². The zero-order valence-corrected chi connectivity index (χ0v) is 15.9. The second-order valence-electron chi connectivity index (χ2n) is 6.47. The molecule has 0 unspecified atom stereocenters. The van der Waals surface area contributed by atoms with Crippen LogP contribution in [0, 0.1) is 0 Å². The Bertz CT molecular complexity index is 283. The Labute approximate surface area is 149 Å². The summed E-state index contributed by atoms with van der Waals surface area (Å²) in [5.74, 6) is 0.146. The summed E-state index contributed by atoms with van der Waals surface area (Å²) in [5.41, 5.74) is 5.34. The van der Waals surface area contributed by atoms with Gasteiger partial charge in [-0.3, -0.25) is 9.50 Å². The number of nitrogens with one attached hydrogen (secondary N) is 1. The van der Waals surface area contributed by atoms with Crippen LogP contribution in [0.15, 0.2) is 12.2 Å². The zero-order valence-electron chi connectivity index (χ0n) is 15.9. The van der Waals surface area contributed by atoms with Crippen molar-refractivity contribution >= 4 is 5.91 Å². The second kappa shape index (κ2) is 22.1. The van der Waals surface area contributed by atoms with Crippen molar-refractivity contribution in [3.8, 4) is 0 Å². The maximum absolute atomic E-state index is 11.4. The van der Waals surface area contributed by atoms with E-state index < -0.39 is 0 Å². The monoisotopic (exact) mass is 344 g/mol. The predicted molar refractivity (Wildman–Crippen MR) is 104 cm³/mol. The van der Waals surface area contributed by atoms with Gasteiger partial charge in [0.1, 0.15) is 0 Å². The summed E-state index contributed by atoms with van der Waals surface area (Å²) in [4.78, 5) is 11.4. The molecule has 0 aliphatic carbocycles. The normalized spacial score (nSPS) is 10.8. The fourth-order valence-electron chi connectivity index (χ4n) is 2.66. The Morgan fingerprint density at radius 1 is 0.833 bits per heavy atom. The lowest BCUT2D eigenvalue weighted by molar-refractivity contribution is -0.121. The first-order valence-corrected chi connectivity index (χ1v) is 9.93. The first-order chi connectivity index (χ1) is 11.3. The summed E-state index contributed by atoms with van der Waals surface area (Å²) in [7, 11) is 0. The standard InChI is InChI=1S/C20H40N2O.FH/c1-2-3-4-5-6-7-8-9-10-11-12-13-14-15-16-17-20(23)22-19-18-21;/h9-10H,2-8,11-19,21H2,1H3,(H,22,23);1H/b10-9-;. The molecule has 0 saturated carbocycles. The zero-order chi connectivity index (χ0) is 17.0. The number of nitrogens with two attached hydrogens (primary N) is 1. The van der Waals surface area contributed by atoms with E-state index >= 15 is 0 Å². The fourth-order valence-corrected chi connectivity index (χ4v) is 2.66. The third kappa shape index (κ3) is 21.1. The Morgan fingerprint density at radius 2 is 1.33 bits per heavy atom. The lowest BCUT2D eigenvalue weighted by Crippen LogP contribution is -2.28. The Morgan fingerprint density at radius 3 is 1.88 bits per heavy atom. The van der Waals surface area contributed by atoms with E-state index in [1.807, 2.05) is 0 Å². The molecule has 0 fully saturated rings. The molecule has 0 bridgehead atoms. The molecule has 24 heavy (non-hydrogen) atoms. The molecule has 0 saturated heterocycles. The van der Waals surface area contributed by atoms with Crippen LogP contribution in [0.2, 0.25) is 0 Å². The van der Waals surface area contributed by atoms with Crippen LogP contribution in [0.3, 0.4) is 0 Å². The van der Waals surface area contributed by atoms with E-state index in [0.717, 1.165) is 12.8 Å². The van der Waals surface area contributed by atoms with Crippen molar-refractivity contribution in [2.24, 2.45) is 5.73 Å². The van der Waals surface area contributed by atoms with Gasteiger partial charge in [0.05, 0.1) is 0 Å². The van der Waals surface area contributed by atoms with Gasteiger partial charge in [-0.1, -0.05) is 70.4 Å². The molecule has 1 amide bonds. The number of rotatable bonds is 17. The van der Waals surface area contributed by atoms with Crippen LogP contribution >= 0.6 is 0 Å². The van der Waals surface area contributed by atoms with Gasteiger partial charge in [-0.15, -0.1) is 0 Å². The maximum atomic E-state index is 11.4. The molecule has 0 spiro atoms. The Kier molecular flexibility index (Phi) is 23.3. The third-order valence-electron chi connectivity index (χ3n) is 4.13. The van der Waals surface area contributed by atoms with Crippen LogP contribution in [0.4, 0.5) is 4.70 Å². The van der Waals surface area contributed by atoms with Gasteiger partial charge in [-0.2, -0.15) is 0 Å². The molecular formula is C20H41FN2O. The van der Waals surface area contributed by atoms with Crippen molar-refractivity contribution in [1.82, 2.24) is 5.32 Å². The van der Waals surface area contributed by atoms with Gasteiger partial charge in [0.15, 0.2) is 0 Å². The number of amides is 1. The number of carbonyl (C=O) groups is 1. The van der Waals surface area contributed by atoms with Gasteiger partial charge in [-0.05, 0) is 32.1 Å². The molecule has 0 aliphatic heterocycles. The van der Waals surface area contributed by atoms with E-state index in [1.165, 1.54) is 70.6 Å². The van der Waals surface area contributed by atoms with Crippen molar-refractivity contribution in [1.29, 1.82) is 0 Å². The van der Waals surface area contributed by atoms with Crippen LogP contribution < -0.4 is 11.1 Å². The van der Waals surface area contributed by atoms with Crippen molar-refractivity contribution in [2.75, 3.05) is 13.1 Å². The highest BCUT2D eigenvalue weighted by Gasteiger charge is 1.99. The van der Waals surface area contributed by atoms with Gasteiger partial charge in [0.2, 0.25) is 5.91 Å². The molecule has 0 heterocycles. The molecule has 0 aromatic carbocycles. The van der Waals surface area contributed by atoms with Crippen LogP contribution in [0.25, 0.3) is 0 Å². The number of allylic oxidation sites excluding steroid dienone is 2. The lowest BCUT2D eigenvalue weighted by Gasteiger charge is -2.03. The molecule has 144 valence electrons. The Hall–Kier alpha value is -0.900. The number of halogens is 1. The average Bonchev–Trinajstić information content (AvgIpc) is 2.56. The third-order valence-corrected chi connectivity index (χ3v) is 4.13. The van der Waals surface area contributed by atoms with Crippen LogP contribution in [-0.2, 0) is 4.79 Å². The maximum Gasteiger partial charge on any atom is 0.220 e. The highest BCUT2D eigenvalue weighted by molar-refractivity contribution is 5.75. The summed E-state index contributed by atoms with van der Waals surface area (Å²) in [6, 6.07) is 0. The van der Waals surface area contributed by atoms with E-state index in [4.69, 9.17) is 5.73 Å². The molecular weight excluding hydrogens is 303 g/mol. The molecule has 0 atom stereocenters. The second-order valence-corrected chi connectivity index (χ2v) is 6.47. The summed E-state index contributed by atoms with van der Waals surface area (Å²) >= 11 is 0. The number of hydrogen-bond donors (Lipinski definition) is 2. The number of hydrogen-bond acceptors (Lipinski definition) is 2. The highest BCUT2D eigenvalue weighted by atomic mass is 19.0. The minimum absolute atomic E-state index is 0. The summed E-state index contributed by atoms with van der Waals surface area (Å²) < 4.78 is 0. The minimum Gasteiger partial charge on any atom is -0.355 e. The van der Waals surface area contributed by atoms with Gasteiger partial charge >= 0.3 is 0 Å². The van der Waals surface area contributed by atoms with Crippen LogP contribution in [0.5, 0.6) is 0 Å². The molecule has 0 aromatic rings. The van der Waals surface area contributed by atoms with Gasteiger partial charge in [0, 0.05) is 19.5 Å². The van der Waals surface area contributed by atoms with Crippen LogP contribution in [0.1, 0.15) is 96.8 Å². The lowest BCUT2D eigenvalue weighted by atomic mass is 10.1. The van der Waals surface area contributed by atoms with Gasteiger partial charge < -0.3 is 11.1 Å². The van der Waals surface area contributed by atoms with Crippen molar-refractivity contribution in [3.63, 3.8) is 0 Å². The van der Waals surface area contributed by atoms with E-state index in [1.54, 1.807) is 0 Å². The molecule has 0 aromatic heterocycles. The first-order valence-electron chi connectivity index (χ1n) is 9.93. The van der Waals surface area contributed by atoms with Crippen LogP contribution in [-0.4, -0.2) is 19.0 Å². The van der Waals surface area contributed by atoms with Crippen molar-refractivity contribution < 1.29 is 9.50 Å². The van der Waals surface area contributed by atoms with Gasteiger partial charge in [-0.25, -0.2) is 0 Å². The quantitative estimate of drug-likeness (QED) is 0.280. The molecule has 4 heteroatoms. The largest absolute Gasteiger partial charge is 0.355 e. The molecule has 0 rings (SSSR count). The highest BCUT2D eigenvalue weighted by Crippen LogP contribution is 2.09. The Balaban J connectivity index is 0. The molecule has 0 radical (unpaired) electrons. The first kappa shape index (κ1) is 25.3. The molecule has 3 N–H and O–H groups in total. The molecule has 0 aliphatic rings. The summed E-state index contributed by atoms with van der Waals surface area (Å²) in [5, 5.41) is 2.81. The average molecular weight is 345 g/mol. The van der Waals surface area contributed by atoms with Crippen molar-refractivity contribution in [2.45, 2.75) is 96.8 Å². The molecule has 3 nitrogen and oxygen atoms in total. The van der Waals surface area contributed by atoms with E-state index in [9.17, 15) is 4.79 Å².